The molecule has 2 rings (SSSR count). The molecule has 0 saturated carbocycles. The summed E-state index contributed by atoms with van der Waals surface area (Å²) in [5.41, 5.74) is 2.42. The third-order valence-corrected chi connectivity index (χ3v) is 3.52. The first kappa shape index (κ1) is 19.7. The van der Waals surface area contributed by atoms with Crippen LogP contribution in [0, 0.1) is 13.8 Å². The van der Waals surface area contributed by atoms with Crippen LogP contribution in [0.15, 0.2) is 36.4 Å². The predicted molar refractivity (Wildman–Crippen MR) is 92.9 cm³/mol. The van der Waals surface area contributed by atoms with Gasteiger partial charge in [-0.15, -0.1) is 0 Å². The number of rotatable bonds is 6. The molecule has 5 nitrogen and oxygen atoms in total. The third kappa shape index (κ3) is 5.70. The molecule has 0 aromatic heterocycles. The summed E-state index contributed by atoms with van der Waals surface area (Å²) in [6.07, 6.45) is 0. The van der Waals surface area contributed by atoms with Gasteiger partial charge in [0.05, 0.1) is 10.6 Å². The number of aryl methyl sites for hydroxylation is 2. The summed E-state index contributed by atoms with van der Waals surface area (Å²) in [5.74, 6) is -1.42. The Morgan fingerprint density at radius 3 is 2.35 bits per heavy atom. The predicted octanol–water partition coefficient (Wildman–Crippen LogP) is 4.35. The van der Waals surface area contributed by atoms with Crippen molar-refractivity contribution >= 4 is 29.2 Å². The lowest BCUT2D eigenvalue weighted by Gasteiger charge is -2.10. The van der Waals surface area contributed by atoms with Gasteiger partial charge in [-0.25, -0.2) is 4.79 Å². The van der Waals surface area contributed by atoms with Crippen molar-refractivity contribution in [3.05, 3.63) is 58.1 Å². The molecule has 1 N–H and O–H groups in total. The number of hydrogen-bond acceptors (Lipinski definition) is 4. The lowest BCUT2D eigenvalue weighted by Crippen LogP contribution is -2.21. The standard InChI is InChI=1S/C18H16ClF2NO4/c1-10-5-11(2)7-12(6-10)17(24)25-9-16(23)22-13-3-4-15(14(19)8-13)26-18(20)21/h3-8,18H,9H2,1-2H3,(H,22,23). The molecule has 0 spiro atoms. The molecule has 0 aliphatic carbocycles. The first-order valence-electron chi connectivity index (χ1n) is 7.54. The van der Waals surface area contributed by atoms with E-state index in [0.29, 0.717) is 5.56 Å². The zero-order valence-corrected chi connectivity index (χ0v) is 14.8. The number of ether oxygens (including phenoxy) is 2. The van der Waals surface area contributed by atoms with Gasteiger partial charge in [0.25, 0.3) is 5.91 Å². The van der Waals surface area contributed by atoms with Crippen LogP contribution in [0.25, 0.3) is 0 Å². The molecule has 0 aliphatic rings. The summed E-state index contributed by atoms with van der Waals surface area (Å²) in [4.78, 5) is 23.9. The highest BCUT2D eigenvalue weighted by Crippen LogP contribution is 2.28. The second-order valence-corrected chi connectivity index (χ2v) is 5.93. The molecule has 0 radical (unpaired) electrons. The minimum absolute atomic E-state index is 0.0877. The van der Waals surface area contributed by atoms with Crippen LogP contribution in [0.4, 0.5) is 14.5 Å². The van der Waals surface area contributed by atoms with E-state index < -0.39 is 25.1 Å². The van der Waals surface area contributed by atoms with Gasteiger partial charge in [-0.3, -0.25) is 4.79 Å². The Morgan fingerprint density at radius 2 is 1.77 bits per heavy atom. The van der Waals surface area contributed by atoms with Crippen molar-refractivity contribution in [2.45, 2.75) is 20.5 Å². The maximum absolute atomic E-state index is 12.2. The Balaban J connectivity index is 1.92. The Hall–Kier alpha value is -2.67. The van der Waals surface area contributed by atoms with E-state index in [9.17, 15) is 18.4 Å². The number of alkyl halides is 2. The second kappa shape index (κ2) is 8.62. The highest BCUT2D eigenvalue weighted by Gasteiger charge is 2.13. The van der Waals surface area contributed by atoms with E-state index in [1.807, 2.05) is 19.9 Å². The highest BCUT2D eigenvalue weighted by atomic mass is 35.5. The monoisotopic (exact) mass is 383 g/mol. The van der Waals surface area contributed by atoms with E-state index in [1.54, 1.807) is 12.1 Å². The molecule has 0 unspecified atom stereocenters. The number of carbonyl (C=O) groups excluding carboxylic acids is 2. The highest BCUT2D eigenvalue weighted by molar-refractivity contribution is 6.32. The Morgan fingerprint density at radius 1 is 1.12 bits per heavy atom. The van der Waals surface area contributed by atoms with Crippen LogP contribution in [0.2, 0.25) is 5.02 Å². The summed E-state index contributed by atoms with van der Waals surface area (Å²) < 4.78 is 33.5. The lowest BCUT2D eigenvalue weighted by atomic mass is 10.1. The molecular formula is C18H16ClF2NO4. The molecule has 8 heteroatoms. The summed E-state index contributed by atoms with van der Waals surface area (Å²) in [7, 11) is 0. The molecule has 0 aliphatic heterocycles. The summed E-state index contributed by atoms with van der Waals surface area (Å²) in [6.45, 7) is 0.194. The maximum Gasteiger partial charge on any atom is 0.387 e. The minimum Gasteiger partial charge on any atom is -0.452 e. The average Bonchev–Trinajstić information content (AvgIpc) is 2.54. The van der Waals surface area contributed by atoms with Crippen molar-refractivity contribution in [3.8, 4) is 5.75 Å². The number of esters is 1. The molecule has 0 fully saturated rings. The number of halogens is 3. The van der Waals surface area contributed by atoms with Gasteiger partial charge < -0.3 is 14.8 Å². The van der Waals surface area contributed by atoms with Crippen molar-refractivity contribution < 1.29 is 27.8 Å². The van der Waals surface area contributed by atoms with Gasteiger partial charge in [0, 0.05) is 5.69 Å². The van der Waals surface area contributed by atoms with Crippen molar-refractivity contribution in [1.29, 1.82) is 0 Å². The van der Waals surface area contributed by atoms with Crippen LogP contribution in [-0.2, 0) is 9.53 Å². The Bertz CT molecular complexity index is 807. The summed E-state index contributed by atoms with van der Waals surface area (Å²) in [5, 5.41) is 2.36. The molecule has 26 heavy (non-hydrogen) atoms. The van der Waals surface area contributed by atoms with Crippen molar-refractivity contribution in [2.24, 2.45) is 0 Å². The number of amides is 1. The van der Waals surface area contributed by atoms with Gasteiger partial charge in [0.2, 0.25) is 0 Å². The zero-order valence-electron chi connectivity index (χ0n) is 14.0. The molecule has 2 aromatic carbocycles. The van der Waals surface area contributed by atoms with E-state index >= 15 is 0 Å². The summed E-state index contributed by atoms with van der Waals surface area (Å²) >= 11 is 5.80. The molecule has 0 atom stereocenters. The van der Waals surface area contributed by atoms with E-state index in [2.05, 4.69) is 10.1 Å². The van der Waals surface area contributed by atoms with E-state index in [-0.39, 0.29) is 16.5 Å². The van der Waals surface area contributed by atoms with Gasteiger partial charge in [-0.1, -0.05) is 28.8 Å². The molecule has 138 valence electrons. The lowest BCUT2D eigenvalue weighted by molar-refractivity contribution is -0.119. The van der Waals surface area contributed by atoms with E-state index in [0.717, 1.165) is 11.1 Å². The number of benzene rings is 2. The first-order valence-corrected chi connectivity index (χ1v) is 7.92. The first-order chi connectivity index (χ1) is 12.2. The fourth-order valence-corrected chi connectivity index (χ4v) is 2.50. The molecule has 2 aromatic rings. The topological polar surface area (TPSA) is 64.6 Å². The average molecular weight is 384 g/mol. The number of hydrogen-bond donors (Lipinski definition) is 1. The molecule has 0 heterocycles. The SMILES string of the molecule is Cc1cc(C)cc(C(=O)OCC(=O)Nc2ccc(OC(F)F)c(Cl)c2)c1. The van der Waals surface area contributed by atoms with Gasteiger partial charge in [0.1, 0.15) is 5.75 Å². The fraction of sp³-hybridized carbons (Fsp3) is 0.222. The normalized spacial score (nSPS) is 10.5. The smallest absolute Gasteiger partial charge is 0.387 e. The van der Waals surface area contributed by atoms with Crippen molar-refractivity contribution in [3.63, 3.8) is 0 Å². The number of nitrogens with one attached hydrogen (secondary N) is 1. The van der Waals surface area contributed by atoms with Crippen LogP contribution < -0.4 is 10.1 Å². The van der Waals surface area contributed by atoms with Crippen LogP contribution in [-0.4, -0.2) is 25.1 Å². The van der Waals surface area contributed by atoms with E-state index in [4.69, 9.17) is 16.3 Å². The van der Waals surface area contributed by atoms with Crippen molar-refractivity contribution in [1.82, 2.24) is 0 Å². The summed E-state index contributed by atoms with van der Waals surface area (Å²) in [6, 6.07) is 9.03. The van der Waals surface area contributed by atoms with Crippen LogP contribution >= 0.6 is 11.6 Å². The molecule has 0 saturated heterocycles. The van der Waals surface area contributed by atoms with Crippen LogP contribution in [0.3, 0.4) is 0 Å². The number of carbonyl (C=O) groups is 2. The molecule has 1 amide bonds. The quantitative estimate of drug-likeness (QED) is 0.753. The van der Waals surface area contributed by atoms with Gasteiger partial charge in [-0.05, 0) is 44.2 Å². The molecular weight excluding hydrogens is 368 g/mol. The largest absolute Gasteiger partial charge is 0.452 e. The maximum atomic E-state index is 12.2. The van der Waals surface area contributed by atoms with Crippen LogP contribution in [0.1, 0.15) is 21.5 Å². The van der Waals surface area contributed by atoms with Gasteiger partial charge >= 0.3 is 12.6 Å². The van der Waals surface area contributed by atoms with Crippen LogP contribution in [0.5, 0.6) is 5.75 Å². The fourth-order valence-electron chi connectivity index (χ4n) is 2.27. The third-order valence-electron chi connectivity index (χ3n) is 3.22. The minimum atomic E-state index is -3.00. The Kier molecular flexibility index (Phi) is 6.52. The number of anilines is 1. The van der Waals surface area contributed by atoms with Gasteiger partial charge in [-0.2, -0.15) is 8.78 Å². The zero-order chi connectivity index (χ0) is 19.3. The van der Waals surface area contributed by atoms with Crippen molar-refractivity contribution in [2.75, 3.05) is 11.9 Å². The van der Waals surface area contributed by atoms with Gasteiger partial charge in [0.15, 0.2) is 6.61 Å². The Labute approximate surface area is 153 Å². The second-order valence-electron chi connectivity index (χ2n) is 5.52. The molecule has 0 bridgehead atoms. The van der Waals surface area contributed by atoms with E-state index in [1.165, 1.54) is 18.2 Å².